The number of halogens is 1. The zero-order valence-corrected chi connectivity index (χ0v) is 14.6. The Balaban J connectivity index is 2.11. The third kappa shape index (κ3) is 2.64. The van der Waals surface area contributed by atoms with Gasteiger partial charge < -0.3 is 5.11 Å². The summed E-state index contributed by atoms with van der Waals surface area (Å²) in [5.74, 6) is -1.10. The number of benzene rings is 2. The van der Waals surface area contributed by atoms with Gasteiger partial charge in [0, 0.05) is 10.5 Å². The summed E-state index contributed by atoms with van der Waals surface area (Å²) in [6.45, 7) is 1.86. The standard InChI is InChI=1S/C16H14BrNO4S/c1-10-8-11-4-2-3-5-14(11)18(10)23(21,22)15-7-6-12(16(19)20)9-13(15)17/h2-7,9-10H,8H2,1H3,(H,19,20)/t10-/m0/s1. The van der Waals surface area contributed by atoms with Crippen LogP contribution in [0.3, 0.4) is 0 Å². The third-order valence-corrected chi connectivity index (χ3v) is 6.77. The van der Waals surface area contributed by atoms with Crippen LogP contribution in [0.15, 0.2) is 51.8 Å². The fourth-order valence-corrected chi connectivity index (χ4v) is 5.59. The summed E-state index contributed by atoms with van der Waals surface area (Å²) in [5.41, 5.74) is 1.70. The molecule has 3 rings (SSSR count). The van der Waals surface area contributed by atoms with Gasteiger partial charge in [-0.25, -0.2) is 13.2 Å². The van der Waals surface area contributed by atoms with E-state index in [-0.39, 0.29) is 21.0 Å². The average Bonchev–Trinajstić information content (AvgIpc) is 2.83. The van der Waals surface area contributed by atoms with Gasteiger partial charge in [0.15, 0.2) is 0 Å². The minimum absolute atomic E-state index is 0.0331. The molecule has 2 aromatic carbocycles. The van der Waals surface area contributed by atoms with Crippen LogP contribution in [-0.4, -0.2) is 25.5 Å². The Morgan fingerprint density at radius 1 is 1.26 bits per heavy atom. The summed E-state index contributed by atoms with van der Waals surface area (Å²) in [5, 5.41) is 9.01. The van der Waals surface area contributed by atoms with E-state index in [4.69, 9.17) is 5.11 Å². The molecule has 1 atom stereocenters. The van der Waals surface area contributed by atoms with Crippen molar-refractivity contribution < 1.29 is 18.3 Å². The fourth-order valence-electron chi connectivity index (χ4n) is 2.85. The zero-order valence-electron chi connectivity index (χ0n) is 12.2. The van der Waals surface area contributed by atoms with Crippen molar-refractivity contribution in [1.29, 1.82) is 0 Å². The zero-order chi connectivity index (χ0) is 16.8. The molecule has 0 aliphatic carbocycles. The number of hydrogen-bond acceptors (Lipinski definition) is 3. The lowest BCUT2D eigenvalue weighted by molar-refractivity contribution is 0.0696. The molecule has 0 fully saturated rings. The molecule has 1 aliphatic heterocycles. The van der Waals surface area contributed by atoms with Crippen molar-refractivity contribution in [3.05, 3.63) is 58.1 Å². The molecule has 23 heavy (non-hydrogen) atoms. The summed E-state index contributed by atoms with van der Waals surface area (Å²) >= 11 is 3.19. The molecule has 2 aromatic rings. The van der Waals surface area contributed by atoms with Gasteiger partial charge in [-0.2, -0.15) is 0 Å². The number of carboxylic acids is 1. The van der Waals surface area contributed by atoms with Crippen LogP contribution in [0.4, 0.5) is 5.69 Å². The highest BCUT2D eigenvalue weighted by atomic mass is 79.9. The lowest BCUT2D eigenvalue weighted by atomic mass is 10.1. The van der Waals surface area contributed by atoms with Crippen LogP contribution in [0.1, 0.15) is 22.8 Å². The lowest BCUT2D eigenvalue weighted by Gasteiger charge is -2.25. The Hall–Kier alpha value is -1.86. The smallest absolute Gasteiger partial charge is 0.335 e. The molecule has 0 bridgehead atoms. The number of aromatic carboxylic acids is 1. The van der Waals surface area contributed by atoms with Crippen LogP contribution in [-0.2, 0) is 16.4 Å². The third-order valence-electron chi connectivity index (χ3n) is 3.86. The first-order valence-electron chi connectivity index (χ1n) is 6.97. The minimum Gasteiger partial charge on any atom is -0.478 e. The average molecular weight is 396 g/mol. The van der Waals surface area contributed by atoms with Gasteiger partial charge in [0.2, 0.25) is 0 Å². The molecule has 0 spiro atoms. The molecule has 1 heterocycles. The normalized spacial score (nSPS) is 17.1. The maximum atomic E-state index is 13.1. The number of carbonyl (C=O) groups is 1. The van der Waals surface area contributed by atoms with Crippen LogP contribution in [0.2, 0.25) is 0 Å². The highest BCUT2D eigenvalue weighted by Crippen LogP contribution is 2.38. The number of anilines is 1. The molecule has 120 valence electrons. The van der Waals surface area contributed by atoms with Crippen LogP contribution < -0.4 is 4.31 Å². The number of fused-ring (bicyclic) bond motifs is 1. The highest BCUT2D eigenvalue weighted by Gasteiger charge is 2.36. The number of hydrogen-bond donors (Lipinski definition) is 1. The van der Waals surface area contributed by atoms with Crippen molar-refractivity contribution in [2.45, 2.75) is 24.3 Å². The Morgan fingerprint density at radius 3 is 2.61 bits per heavy atom. The lowest BCUT2D eigenvalue weighted by Crippen LogP contribution is -2.35. The van der Waals surface area contributed by atoms with Crippen molar-refractivity contribution in [3.63, 3.8) is 0 Å². The molecule has 0 saturated carbocycles. The van der Waals surface area contributed by atoms with E-state index in [0.29, 0.717) is 12.1 Å². The monoisotopic (exact) mass is 395 g/mol. The summed E-state index contributed by atoms with van der Waals surface area (Å²) in [4.78, 5) is 11.1. The molecule has 0 amide bonds. The van der Waals surface area contributed by atoms with Gasteiger partial charge in [0.1, 0.15) is 4.90 Å². The van der Waals surface area contributed by atoms with Crippen LogP contribution >= 0.6 is 15.9 Å². The van der Waals surface area contributed by atoms with Crippen molar-refractivity contribution in [2.24, 2.45) is 0 Å². The Morgan fingerprint density at radius 2 is 1.96 bits per heavy atom. The van der Waals surface area contributed by atoms with Crippen LogP contribution in [0.25, 0.3) is 0 Å². The van der Waals surface area contributed by atoms with Gasteiger partial charge in [-0.15, -0.1) is 0 Å². The van der Waals surface area contributed by atoms with Gasteiger partial charge in [0.05, 0.1) is 11.3 Å². The van der Waals surface area contributed by atoms with Crippen molar-refractivity contribution in [2.75, 3.05) is 4.31 Å². The highest BCUT2D eigenvalue weighted by molar-refractivity contribution is 9.10. The van der Waals surface area contributed by atoms with E-state index in [1.807, 2.05) is 25.1 Å². The topological polar surface area (TPSA) is 74.7 Å². The molecular formula is C16H14BrNO4S. The van der Waals surface area contributed by atoms with E-state index in [1.54, 1.807) is 6.07 Å². The van der Waals surface area contributed by atoms with Crippen molar-refractivity contribution >= 4 is 37.6 Å². The summed E-state index contributed by atoms with van der Waals surface area (Å²) in [7, 11) is -3.78. The van der Waals surface area contributed by atoms with Gasteiger partial charge in [-0.3, -0.25) is 4.31 Å². The number of para-hydroxylation sites is 1. The quantitative estimate of drug-likeness (QED) is 0.864. The molecule has 1 aliphatic rings. The fraction of sp³-hybridized carbons (Fsp3) is 0.188. The van der Waals surface area contributed by atoms with Gasteiger partial charge in [-0.05, 0) is 59.1 Å². The molecular weight excluding hydrogens is 382 g/mol. The Labute approximate surface area is 142 Å². The molecule has 0 unspecified atom stereocenters. The molecule has 0 radical (unpaired) electrons. The summed E-state index contributed by atoms with van der Waals surface area (Å²) < 4.78 is 27.8. The van der Waals surface area contributed by atoms with Crippen LogP contribution in [0.5, 0.6) is 0 Å². The molecule has 0 aromatic heterocycles. The maximum absolute atomic E-state index is 13.1. The SMILES string of the molecule is C[C@H]1Cc2ccccc2N1S(=O)(=O)c1ccc(C(=O)O)cc1Br. The second-order valence-corrected chi connectivity index (χ2v) is 8.07. The van der Waals surface area contributed by atoms with Gasteiger partial charge in [-0.1, -0.05) is 18.2 Å². The first-order chi connectivity index (χ1) is 10.8. The largest absolute Gasteiger partial charge is 0.478 e. The van der Waals surface area contributed by atoms with E-state index in [1.165, 1.54) is 22.5 Å². The Bertz CT molecular complexity index is 895. The predicted molar refractivity (Wildman–Crippen MR) is 90.4 cm³/mol. The van der Waals surface area contributed by atoms with Crippen molar-refractivity contribution in [1.82, 2.24) is 0 Å². The van der Waals surface area contributed by atoms with Gasteiger partial charge in [0.25, 0.3) is 10.0 Å². The number of nitrogens with zero attached hydrogens (tertiary/aromatic N) is 1. The number of sulfonamides is 1. The Kier molecular flexibility index (Phi) is 3.93. The summed E-state index contributed by atoms with van der Waals surface area (Å²) in [6.07, 6.45) is 0.653. The van der Waals surface area contributed by atoms with E-state index in [2.05, 4.69) is 15.9 Å². The van der Waals surface area contributed by atoms with Crippen molar-refractivity contribution in [3.8, 4) is 0 Å². The molecule has 5 nitrogen and oxygen atoms in total. The molecule has 7 heteroatoms. The molecule has 0 saturated heterocycles. The first kappa shape index (κ1) is 16.0. The van der Waals surface area contributed by atoms with E-state index in [9.17, 15) is 13.2 Å². The second-order valence-electron chi connectivity index (χ2n) is 5.43. The number of rotatable bonds is 3. The van der Waals surface area contributed by atoms with Crippen LogP contribution in [0, 0.1) is 0 Å². The molecule has 1 N–H and O–H groups in total. The van der Waals surface area contributed by atoms with E-state index >= 15 is 0 Å². The van der Waals surface area contributed by atoms with Gasteiger partial charge >= 0.3 is 5.97 Å². The summed E-state index contributed by atoms with van der Waals surface area (Å²) in [6, 6.07) is 11.1. The first-order valence-corrected chi connectivity index (χ1v) is 9.21. The maximum Gasteiger partial charge on any atom is 0.335 e. The van der Waals surface area contributed by atoms with E-state index in [0.717, 1.165) is 5.56 Å². The number of carboxylic acid groups (broad SMARTS) is 1. The predicted octanol–water partition coefficient (Wildman–Crippen LogP) is 3.29. The minimum atomic E-state index is -3.78. The van der Waals surface area contributed by atoms with E-state index < -0.39 is 16.0 Å². The second kappa shape index (κ2) is 5.65.